The number of hydrogen-bond acceptors (Lipinski definition) is 6. The number of hydrogen-bond donors (Lipinski definition) is 2. The summed E-state index contributed by atoms with van der Waals surface area (Å²) in [5, 5.41) is 12.5. The van der Waals surface area contributed by atoms with Crippen LogP contribution in [0.5, 0.6) is 11.5 Å². The van der Waals surface area contributed by atoms with Gasteiger partial charge in [-0.15, -0.1) is 10.2 Å². The van der Waals surface area contributed by atoms with Crippen molar-refractivity contribution in [1.29, 1.82) is 0 Å². The van der Waals surface area contributed by atoms with Gasteiger partial charge in [-0.05, 0) is 17.7 Å². The van der Waals surface area contributed by atoms with Crippen LogP contribution < -0.4 is 20.5 Å². The number of rotatable bonds is 4. The van der Waals surface area contributed by atoms with E-state index in [-0.39, 0.29) is 11.4 Å². The van der Waals surface area contributed by atoms with Gasteiger partial charge in [0, 0.05) is 22.8 Å². The number of fused-ring (bicyclic) bond motifs is 1. The van der Waals surface area contributed by atoms with E-state index in [1.807, 2.05) is 5.38 Å². The summed E-state index contributed by atoms with van der Waals surface area (Å²) in [7, 11) is 2.79. The monoisotopic (exact) mass is 334 g/mol. The lowest BCUT2D eigenvalue weighted by Gasteiger charge is -2.12. The van der Waals surface area contributed by atoms with Crippen LogP contribution in [0.25, 0.3) is 10.9 Å². The van der Waals surface area contributed by atoms with Crippen LogP contribution in [0.3, 0.4) is 0 Å². The molecule has 0 saturated carbocycles. The van der Waals surface area contributed by atoms with Gasteiger partial charge in [-0.3, -0.25) is 9.59 Å². The van der Waals surface area contributed by atoms with E-state index in [0.717, 1.165) is 0 Å². The SMILES string of the molecule is COc1cc2nnc(C(N)=O)c(OC)c2cc1NC(=O)C#CCl. The highest BCUT2D eigenvalue weighted by Gasteiger charge is 2.18. The molecule has 0 aliphatic carbocycles. The number of halogens is 1. The summed E-state index contributed by atoms with van der Waals surface area (Å²) in [5.41, 5.74) is 5.82. The molecule has 2 amide bonds. The summed E-state index contributed by atoms with van der Waals surface area (Å²) in [6.07, 6.45) is 0. The highest BCUT2D eigenvalue weighted by molar-refractivity contribution is 6.32. The fourth-order valence-electron chi connectivity index (χ4n) is 1.94. The van der Waals surface area contributed by atoms with Crippen LogP contribution in [0.15, 0.2) is 12.1 Å². The van der Waals surface area contributed by atoms with Gasteiger partial charge in [0.15, 0.2) is 11.4 Å². The molecule has 0 spiro atoms. The fraction of sp³-hybridized carbons (Fsp3) is 0.143. The van der Waals surface area contributed by atoms with Crippen molar-refractivity contribution in [2.24, 2.45) is 5.73 Å². The predicted molar refractivity (Wildman–Crippen MR) is 83.4 cm³/mol. The molecule has 0 aliphatic heterocycles. The Bertz CT molecular complexity index is 857. The number of nitrogens with one attached hydrogen (secondary N) is 1. The largest absolute Gasteiger partial charge is 0.494 e. The topological polar surface area (TPSA) is 116 Å². The van der Waals surface area contributed by atoms with Crippen molar-refractivity contribution >= 4 is 40.0 Å². The van der Waals surface area contributed by atoms with Crippen LogP contribution in [-0.2, 0) is 4.79 Å². The molecule has 2 aromatic rings. The number of anilines is 1. The Morgan fingerprint density at radius 1 is 1.26 bits per heavy atom. The van der Waals surface area contributed by atoms with Crippen molar-refractivity contribution in [2.75, 3.05) is 19.5 Å². The molecule has 1 heterocycles. The van der Waals surface area contributed by atoms with E-state index in [0.29, 0.717) is 22.3 Å². The highest BCUT2D eigenvalue weighted by atomic mass is 35.5. The van der Waals surface area contributed by atoms with Crippen LogP contribution in [0.2, 0.25) is 0 Å². The Morgan fingerprint density at radius 3 is 2.57 bits per heavy atom. The number of methoxy groups -OCH3 is 2. The molecule has 1 aromatic heterocycles. The quantitative estimate of drug-likeness (QED) is 0.802. The lowest BCUT2D eigenvalue weighted by Crippen LogP contribution is -2.16. The molecule has 1 aromatic carbocycles. The minimum absolute atomic E-state index is 0.122. The Morgan fingerprint density at radius 2 is 2.00 bits per heavy atom. The van der Waals surface area contributed by atoms with E-state index < -0.39 is 11.8 Å². The van der Waals surface area contributed by atoms with Crippen LogP contribution in [-0.4, -0.2) is 36.2 Å². The number of ether oxygens (including phenoxy) is 2. The van der Waals surface area contributed by atoms with Crippen LogP contribution >= 0.6 is 11.6 Å². The number of amides is 2. The maximum Gasteiger partial charge on any atom is 0.301 e. The normalized spacial score (nSPS) is 9.70. The Hall–Kier alpha value is -3.05. The number of carbonyl (C=O) groups excluding carboxylic acids is 2. The second kappa shape index (κ2) is 6.81. The summed E-state index contributed by atoms with van der Waals surface area (Å²) < 4.78 is 10.4. The van der Waals surface area contributed by atoms with E-state index in [1.54, 1.807) is 0 Å². The fourth-order valence-corrected chi connectivity index (χ4v) is 2.03. The predicted octanol–water partition coefficient (Wildman–Crippen LogP) is 0.884. The molecule has 2 rings (SSSR count). The molecule has 0 saturated heterocycles. The third-order valence-corrected chi connectivity index (χ3v) is 2.98. The summed E-state index contributed by atoms with van der Waals surface area (Å²) >= 11 is 5.19. The van der Waals surface area contributed by atoms with Crippen molar-refractivity contribution in [2.45, 2.75) is 0 Å². The molecular formula is C14H11ClN4O4. The third-order valence-electron chi connectivity index (χ3n) is 2.88. The molecule has 23 heavy (non-hydrogen) atoms. The first-order valence-corrected chi connectivity index (χ1v) is 6.54. The van der Waals surface area contributed by atoms with Gasteiger partial charge in [-0.2, -0.15) is 0 Å². The van der Waals surface area contributed by atoms with Crippen molar-refractivity contribution in [3.05, 3.63) is 17.8 Å². The number of nitrogens with zero attached hydrogens (tertiary/aromatic N) is 2. The van der Waals surface area contributed by atoms with Crippen molar-refractivity contribution in [3.8, 4) is 22.8 Å². The van der Waals surface area contributed by atoms with E-state index in [1.165, 1.54) is 26.4 Å². The van der Waals surface area contributed by atoms with Crippen LogP contribution in [0, 0.1) is 11.3 Å². The van der Waals surface area contributed by atoms with Crippen LogP contribution in [0.1, 0.15) is 10.5 Å². The Labute approximate surface area is 135 Å². The van der Waals surface area contributed by atoms with Crippen molar-refractivity contribution in [3.63, 3.8) is 0 Å². The molecule has 0 fully saturated rings. The first-order valence-electron chi connectivity index (χ1n) is 6.16. The van der Waals surface area contributed by atoms with Gasteiger partial charge in [0.05, 0.1) is 19.9 Å². The van der Waals surface area contributed by atoms with Gasteiger partial charge in [-0.1, -0.05) is 0 Å². The zero-order valence-electron chi connectivity index (χ0n) is 12.1. The molecule has 118 valence electrons. The average molecular weight is 335 g/mol. The van der Waals surface area contributed by atoms with E-state index >= 15 is 0 Å². The second-order valence-corrected chi connectivity index (χ2v) is 4.38. The van der Waals surface area contributed by atoms with Gasteiger partial charge < -0.3 is 20.5 Å². The van der Waals surface area contributed by atoms with E-state index in [9.17, 15) is 9.59 Å². The summed E-state index contributed by atoms with van der Waals surface area (Å²) in [4.78, 5) is 23.0. The second-order valence-electron chi connectivity index (χ2n) is 4.19. The van der Waals surface area contributed by atoms with Gasteiger partial charge in [-0.25, -0.2) is 0 Å². The lowest BCUT2D eigenvalue weighted by atomic mass is 10.1. The van der Waals surface area contributed by atoms with Gasteiger partial charge in [0.25, 0.3) is 5.91 Å². The molecule has 0 radical (unpaired) electrons. The molecule has 9 heteroatoms. The van der Waals surface area contributed by atoms with Gasteiger partial charge >= 0.3 is 5.91 Å². The number of primary amides is 1. The van der Waals surface area contributed by atoms with Crippen molar-refractivity contribution < 1.29 is 19.1 Å². The first kappa shape index (κ1) is 16.3. The molecule has 0 atom stereocenters. The molecule has 3 N–H and O–H groups in total. The number of aromatic nitrogens is 2. The lowest BCUT2D eigenvalue weighted by molar-refractivity contribution is -0.111. The smallest absolute Gasteiger partial charge is 0.301 e. The first-order chi connectivity index (χ1) is 11.0. The zero-order valence-corrected chi connectivity index (χ0v) is 12.9. The van der Waals surface area contributed by atoms with Crippen molar-refractivity contribution in [1.82, 2.24) is 10.2 Å². The maximum absolute atomic E-state index is 11.6. The average Bonchev–Trinajstić information content (AvgIpc) is 2.53. The number of carbonyl (C=O) groups is 2. The molecule has 8 nitrogen and oxygen atoms in total. The van der Waals surface area contributed by atoms with Crippen LogP contribution in [0.4, 0.5) is 5.69 Å². The minimum atomic E-state index is -0.786. The molecule has 0 unspecified atom stereocenters. The number of benzene rings is 1. The van der Waals surface area contributed by atoms with Gasteiger partial charge in [0.2, 0.25) is 0 Å². The van der Waals surface area contributed by atoms with E-state index in [2.05, 4.69) is 21.4 Å². The molecule has 0 bridgehead atoms. The maximum atomic E-state index is 11.6. The minimum Gasteiger partial charge on any atom is -0.494 e. The molecule has 0 aliphatic rings. The van der Waals surface area contributed by atoms with Gasteiger partial charge in [0.1, 0.15) is 11.3 Å². The molecular weight excluding hydrogens is 324 g/mol. The third kappa shape index (κ3) is 3.25. The Kier molecular flexibility index (Phi) is 4.83. The van der Waals surface area contributed by atoms with E-state index in [4.69, 9.17) is 26.8 Å². The summed E-state index contributed by atoms with van der Waals surface area (Å²) in [6.45, 7) is 0. The number of nitrogens with two attached hydrogens (primary N) is 1. The summed E-state index contributed by atoms with van der Waals surface area (Å²) in [5.74, 6) is 1.18. The summed E-state index contributed by atoms with van der Waals surface area (Å²) in [6, 6.07) is 3.04. The highest BCUT2D eigenvalue weighted by Crippen LogP contribution is 2.34. The standard InChI is InChI=1S/C14H11ClN4O4/c1-22-10-6-8-7(5-9(10)17-11(20)3-4-15)13(23-2)12(14(16)21)19-18-8/h5-6H,1-2H3,(H2,16,21)(H,17,20). The zero-order chi connectivity index (χ0) is 17.0. The Balaban J connectivity index is 2.69.